The fourth-order valence-corrected chi connectivity index (χ4v) is 8.69. The van der Waals surface area contributed by atoms with Gasteiger partial charge < -0.3 is 15.0 Å². The number of nitrogens with zero attached hydrogens (tertiary/aromatic N) is 3. The molecule has 1 N–H and O–H groups in total. The number of ether oxygens (including phenoxy) is 1. The van der Waals surface area contributed by atoms with Crippen molar-refractivity contribution >= 4 is 38.9 Å². The van der Waals surface area contributed by atoms with Crippen LogP contribution in [0.1, 0.15) is 72.2 Å². The lowest BCUT2D eigenvalue weighted by Crippen LogP contribution is -2.16. The Labute approximate surface area is 381 Å². The molecule has 0 spiro atoms. The van der Waals surface area contributed by atoms with Gasteiger partial charge in [0.1, 0.15) is 17.3 Å². The smallest absolute Gasteiger partial charge is 0.137 e. The Bertz CT molecular complexity index is 3790. The van der Waals surface area contributed by atoms with E-state index in [0.717, 1.165) is 50.4 Å². The first-order valence-corrected chi connectivity index (χ1v) is 20.7. The summed E-state index contributed by atoms with van der Waals surface area (Å²) in [5.41, 5.74) is 9.26. The Morgan fingerprint density at radius 3 is 2.34 bits per heavy atom. The number of benzene rings is 7. The summed E-state index contributed by atoms with van der Waals surface area (Å²) in [7, 11) is 0. The van der Waals surface area contributed by atoms with Crippen LogP contribution < -0.4 is 15.0 Å². The number of rotatable bonds is 7. The van der Waals surface area contributed by atoms with Crippen molar-refractivity contribution in [2.24, 2.45) is 0 Å². The summed E-state index contributed by atoms with van der Waals surface area (Å²) in [6, 6.07) is 40.6. The van der Waals surface area contributed by atoms with Gasteiger partial charge in [0, 0.05) is 51.3 Å². The van der Waals surface area contributed by atoms with Gasteiger partial charge in [-0.05, 0) is 130 Å². The Morgan fingerprint density at radius 1 is 0.694 bits per heavy atom. The van der Waals surface area contributed by atoms with Crippen molar-refractivity contribution < 1.29 is 21.2 Å². The Morgan fingerprint density at radius 2 is 1.48 bits per heavy atom. The number of hydrogen-bond donors (Lipinski definition) is 1. The maximum atomic E-state index is 9.06. The summed E-state index contributed by atoms with van der Waals surface area (Å²) in [4.78, 5) is 6.87. The second-order valence-electron chi connectivity index (χ2n) is 16.8. The molecule has 62 heavy (non-hydrogen) atoms. The molecule has 3 heterocycles. The predicted molar refractivity (Wildman–Crippen MR) is 259 cm³/mol. The van der Waals surface area contributed by atoms with Gasteiger partial charge in [-0.15, -0.1) is 0 Å². The third kappa shape index (κ3) is 6.60. The second-order valence-corrected chi connectivity index (χ2v) is 16.8. The number of nitrogens with one attached hydrogen (secondary N) is 1. The summed E-state index contributed by atoms with van der Waals surface area (Å²) >= 11 is 0. The van der Waals surface area contributed by atoms with Crippen LogP contribution in [0.5, 0.6) is 11.5 Å². The molecular formula is C57H50N4O. The van der Waals surface area contributed by atoms with Crippen molar-refractivity contribution in [2.45, 2.75) is 58.6 Å². The zero-order valence-electron chi connectivity index (χ0n) is 46.7. The SMILES string of the molecule is [2H]c1c([2H])c([2H])c2c(c1[2H])c1ccc(Oc3cc(N4CNc5c(-c6c(-c7ccccc7)cccc6-c6ccc7c(c6)C([2H])([2H])C([2H])([2H])C([2H])([2H])C7([2H])[2H])cccc54)ccc3C)cc1n2-c1cc(C(C)(C)C)ccn1. The minimum Gasteiger partial charge on any atom is -0.457 e. The van der Waals surface area contributed by atoms with E-state index in [1.54, 1.807) is 22.9 Å². The highest BCUT2D eigenvalue weighted by Gasteiger charge is 2.27. The molecule has 0 bridgehead atoms. The van der Waals surface area contributed by atoms with Crippen LogP contribution in [0.15, 0.2) is 164 Å². The van der Waals surface area contributed by atoms with E-state index in [9.17, 15) is 0 Å². The van der Waals surface area contributed by atoms with Crippen LogP contribution in [-0.2, 0) is 18.2 Å². The third-order valence-corrected chi connectivity index (χ3v) is 11.9. The van der Waals surface area contributed by atoms with Gasteiger partial charge in [-0.25, -0.2) is 4.98 Å². The van der Waals surface area contributed by atoms with Gasteiger partial charge in [0.05, 0.1) is 34.6 Å². The monoisotopic (exact) mass is 818 g/mol. The Hall–Kier alpha value is -7.11. The first-order chi connectivity index (χ1) is 35.0. The van der Waals surface area contributed by atoms with E-state index >= 15 is 0 Å². The van der Waals surface area contributed by atoms with Gasteiger partial charge in [-0.3, -0.25) is 4.57 Å². The highest BCUT2D eigenvalue weighted by atomic mass is 16.5. The number of aryl methyl sites for hydroxylation is 3. The maximum absolute atomic E-state index is 9.06. The van der Waals surface area contributed by atoms with Crippen molar-refractivity contribution in [1.82, 2.24) is 9.55 Å². The Kier molecular flexibility index (Phi) is 6.57. The second kappa shape index (κ2) is 15.1. The average Bonchev–Trinajstić information content (AvgIpc) is 3.97. The molecule has 0 unspecified atom stereocenters. The molecule has 1 aliphatic heterocycles. The van der Waals surface area contributed by atoms with Crippen LogP contribution in [0, 0.1) is 6.92 Å². The summed E-state index contributed by atoms with van der Waals surface area (Å²) in [6.07, 6.45) is -10.4. The van der Waals surface area contributed by atoms with Gasteiger partial charge in [0.25, 0.3) is 0 Å². The molecule has 0 radical (unpaired) electrons. The summed E-state index contributed by atoms with van der Waals surface area (Å²) in [5.74, 6) is 1.58. The molecule has 9 aromatic rings. The van der Waals surface area contributed by atoms with Crippen LogP contribution >= 0.6 is 0 Å². The van der Waals surface area contributed by atoms with Crippen molar-refractivity contribution in [3.05, 3.63) is 186 Å². The number of aromatic nitrogens is 2. The normalized spacial score (nSPS) is 19.6. The first kappa shape index (κ1) is 27.0. The van der Waals surface area contributed by atoms with E-state index in [-0.39, 0.29) is 40.7 Å². The number of para-hydroxylation sites is 2. The predicted octanol–water partition coefficient (Wildman–Crippen LogP) is 15.0. The largest absolute Gasteiger partial charge is 0.457 e. The topological polar surface area (TPSA) is 42.3 Å². The molecule has 304 valence electrons. The molecule has 7 aromatic carbocycles. The maximum Gasteiger partial charge on any atom is 0.137 e. The first-order valence-electron chi connectivity index (χ1n) is 26.7. The fourth-order valence-electron chi connectivity index (χ4n) is 8.69. The van der Waals surface area contributed by atoms with Gasteiger partial charge >= 0.3 is 0 Å². The van der Waals surface area contributed by atoms with Crippen LogP contribution in [0.25, 0.3) is 61.0 Å². The quantitative estimate of drug-likeness (QED) is 0.174. The zero-order chi connectivity index (χ0) is 52.6. The molecule has 0 amide bonds. The van der Waals surface area contributed by atoms with Gasteiger partial charge in [-0.2, -0.15) is 0 Å². The van der Waals surface area contributed by atoms with Gasteiger partial charge in [0.2, 0.25) is 0 Å². The highest BCUT2D eigenvalue weighted by molar-refractivity contribution is 6.09. The molecule has 0 fully saturated rings. The molecule has 2 aliphatic rings. The van der Waals surface area contributed by atoms with Crippen LogP contribution in [0.2, 0.25) is 0 Å². The van der Waals surface area contributed by atoms with E-state index in [2.05, 4.69) is 31.0 Å². The number of hydrogen-bond acceptors (Lipinski definition) is 4. The molecule has 5 heteroatoms. The summed E-state index contributed by atoms with van der Waals surface area (Å²) in [6.45, 7) is 8.65. The zero-order valence-corrected chi connectivity index (χ0v) is 34.7. The van der Waals surface area contributed by atoms with E-state index in [1.165, 1.54) is 12.1 Å². The van der Waals surface area contributed by atoms with Crippen LogP contribution in [-0.4, -0.2) is 16.2 Å². The van der Waals surface area contributed by atoms with Crippen LogP contribution in [0.4, 0.5) is 17.1 Å². The molecular weight excluding hydrogens is 757 g/mol. The minimum absolute atomic E-state index is 0.136. The summed E-state index contributed by atoms with van der Waals surface area (Å²) in [5, 5.41) is 4.67. The van der Waals surface area contributed by atoms with E-state index in [0.29, 0.717) is 56.9 Å². The molecule has 0 atom stereocenters. The number of pyridine rings is 1. The standard InChI is InChI=1S/C57H50N4O/c1-37-24-27-43(34-53(37)62-44-28-29-48-47-18-10-11-22-50(47)61(52(48)35-44)54-33-42(30-31-58-54)57(2,3)4)60-36-59-56-49(21-13-23-51(56)60)55-45(39-15-6-5-7-16-39)19-12-20-46(55)41-26-25-38-14-8-9-17-40(38)32-41/h5-7,10-13,15-16,18-35,59H,8-9,14,17,36H2,1-4H3/i8D2,9D2,10D,11D,14D2,17D2,18D,22D. The van der Waals surface area contributed by atoms with Crippen LogP contribution in [0.3, 0.4) is 0 Å². The van der Waals surface area contributed by atoms with Crippen molar-refractivity contribution in [3.63, 3.8) is 0 Å². The Balaban J connectivity index is 1.01. The van der Waals surface area contributed by atoms with E-state index in [4.69, 9.17) is 26.2 Å². The molecule has 5 nitrogen and oxygen atoms in total. The number of fused-ring (bicyclic) bond motifs is 5. The van der Waals surface area contributed by atoms with Crippen molar-refractivity contribution in [2.75, 3.05) is 16.9 Å². The fraction of sp³-hybridized carbons (Fsp3) is 0.175. The molecule has 2 aromatic heterocycles. The molecule has 0 saturated heterocycles. The van der Waals surface area contributed by atoms with E-state index in [1.807, 2.05) is 116 Å². The van der Waals surface area contributed by atoms with Gasteiger partial charge in [-0.1, -0.05) is 124 Å². The lowest BCUT2D eigenvalue weighted by atomic mass is 9.84. The molecule has 11 rings (SSSR count). The average molecular weight is 819 g/mol. The molecule has 0 saturated carbocycles. The lowest BCUT2D eigenvalue weighted by Gasteiger charge is -2.22. The minimum atomic E-state index is -3.20. The van der Waals surface area contributed by atoms with E-state index < -0.39 is 25.5 Å². The summed E-state index contributed by atoms with van der Waals surface area (Å²) < 4.78 is 113. The van der Waals surface area contributed by atoms with Crippen molar-refractivity contribution in [3.8, 4) is 50.7 Å². The molecule has 1 aliphatic carbocycles. The lowest BCUT2D eigenvalue weighted by molar-refractivity contribution is 0.479. The highest BCUT2D eigenvalue weighted by Crippen LogP contribution is 2.49. The van der Waals surface area contributed by atoms with Crippen molar-refractivity contribution in [1.29, 1.82) is 0 Å². The van der Waals surface area contributed by atoms with Gasteiger partial charge in [0.15, 0.2) is 0 Å². The number of anilines is 3. The third-order valence-electron chi connectivity index (χ3n) is 11.9.